The van der Waals surface area contributed by atoms with Gasteiger partial charge in [-0.3, -0.25) is 0 Å². The fourth-order valence-corrected chi connectivity index (χ4v) is 0.567. The number of rotatable bonds is 3. The van der Waals surface area contributed by atoms with Gasteiger partial charge in [-0.25, -0.2) is 0 Å². The second kappa shape index (κ2) is 10.4. The van der Waals surface area contributed by atoms with E-state index in [1.165, 1.54) is 0 Å². The summed E-state index contributed by atoms with van der Waals surface area (Å²) in [5, 5.41) is 21.3. The minimum absolute atomic E-state index is 0. The summed E-state index contributed by atoms with van der Waals surface area (Å²) < 4.78 is 0. The molecule has 0 aromatic carbocycles. The molecule has 0 aliphatic rings. The molecule has 0 bridgehead atoms. The summed E-state index contributed by atoms with van der Waals surface area (Å²) >= 11 is 9.61. The van der Waals surface area contributed by atoms with Gasteiger partial charge in [-0.2, -0.15) is 20.4 Å². The molecule has 0 aliphatic carbocycles. The summed E-state index contributed by atoms with van der Waals surface area (Å²) in [7, 11) is 3.36. The third kappa shape index (κ3) is 8.96. The molecule has 0 radical (unpaired) electrons. The topological polar surface area (TPSA) is 73.5 Å². The number of nitrogens with zero attached hydrogens (tertiary/aromatic N) is 4. The molecule has 0 atom stereocenters. The quantitative estimate of drug-likeness (QED) is 0.252. The third-order valence-corrected chi connectivity index (χ3v) is 2.10. The largest absolute Gasteiger partial charge is 2.00 e. The number of nitrogens with one attached hydrogen (secondary N) is 2. The van der Waals surface area contributed by atoms with Crippen LogP contribution < -0.4 is 10.6 Å². The van der Waals surface area contributed by atoms with Crippen LogP contribution in [-0.4, -0.2) is 35.9 Å². The second-order valence-corrected chi connectivity index (χ2v) is 3.45. The minimum Gasteiger partial charge on any atom is -0.741 e. The Balaban J connectivity index is 0. The molecule has 0 amide bonds. The van der Waals surface area contributed by atoms with Crippen molar-refractivity contribution in [2.75, 3.05) is 14.1 Å². The summed E-state index contributed by atoms with van der Waals surface area (Å²) in [5.41, 5.74) is 1.25. The van der Waals surface area contributed by atoms with E-state index in [9.17, 15) is 0 Å². The second-order valence-electron chi connectivity index (χ2n) is 2.68. The molecule has 0 heterocycles. The van der Waals surface area contributed by atoms with Crippen molar-refractivity contribution in [3.63, 3.8) is 0 Å². The van der Waals surface area contributed by atoms with Gasteiger partial charge in [0.05, 0.1) is 11.4 Å². The van der Waals surface area contributed by atoms with Gasteiger partial charge < -0.3 is 35.9 Å². The summed E-state index contributed by atoms with van der Waals surface area (Å²) in [4.78, 5) is 0. The molecule has 0 aromatic heterocycles. The van der Waals surface area contributed by atoms with E-state index in [0.717, 1.165) is 0 Å². The predicted molar refractivity (Wildman–Crippen MR) is 73.9 cm³/mol. The molecule has 0 fully saturated rings. The van der Waals surface area contributed by atoms with Crippen molar-refractivity contribution in [2.24, 2.45) is 20.4 Å². The van der Waals surface area contributed by atoms with Crippen molar-refractivity contribution in [1.29, 1.82) is 0 Å². The SMILES string of the molecule is CN/C([S-])=N/N=C(C)/C(C)=N/N=C(\[S-])NC.[Ni+2]. The zero-order valence-corrected chi connectivity index (χ0v) is 12.5. The molecule has 9 heteroatoms. The first kappa shape index (κ1) is 18.6. The molecule has 0 saturated heterocycles. The molecule has 0 rings (SSSR count). The van der Waals surface area contributed by atoms with E-state index in [4.69, 9.17) is 25.3 Å². The molecule has 0 aromatic rings. The minimum atomic E-state index is 0. The summed E-state index contributed by atoms with van der Waals surface area (Å²) in [6.45, 7) is 3.52. The zero-order chi connectivity index (χ0) is 12.6. The Morgan fingerprint density at radius 2 is 1.06 bits per heavy atom. The molecule has 0 saturated carbocycles. The van der Waals surface area contributed by atoms with Gasteiger partial charge in [0.25, 0.3) is 0 Å². The van der Waals surface area contributed by atoms with Crippen LogP contribution in [0.3, 0.4) is 0 Å². The molecular formula is C8H14N6NiS2. The van der Waals surface area contributed by atoms with Crippen molar-refractivity contribution in [2.45, 2.75) is 13.8 Å². The van der Waals surface area contributed by atoms with Crippen molar-refractivity contribution >= 4 is 47.0 Å². The van der Waals surface area contributed by atoms with Gasteiger partial charge in [0, 0.05) is 14.1 Å². The first-order chi connectivity index (χ1) is 7.51. The third-order valence-electron chi connectivity index (χ3n) is 1.53. The van der Waals surface area contributed by atoms with Crippen LogP contribution >= 0.6 is 0 Å². The fourth-order valence-electron chi connectivity index (χ4n) is 0.486. The van der Waals surface area contributed by atoms with Crippen molar-refractivity contribution in [3.8, 4) is 0 Å². The Bertz CT molecular complexity index is 316. The van der Waals surface area contributed by atoms with Gasteiger partial charge in [-0.15, -0.1) is 0 Å². The van der Waals surface area contributed by atoms with Crippen molar-refractivity contribution in [3.05, 3.63) is 0 Å². The van der Waals surface area contributed by atoms with Crippen LogP contribution in [0.2, 0.25) is 0 Å². The molecule has 0 unspecified atom stereocenters. The van der Waals surface area contributed by atoms with Crippen LogP contribution in [0.25, 0.3) is 0 Å². The first-order valence-corrected chi connectivity index (χ1v) is 5.27. The molecule has 17 heavy (non-hydrogen) atoms. The van der Waals surface area contributed by atoms with Gasteiger partial charge in [0.1, 0.15) is 0 Å². The molecule has 0 spiro atoms. The maximum absolute atomic E-state index is 4.81. The maximum atomic E-state index is 4.81. The molecule has 6 nitrogen and oxygen atoms in total. The Morgan fingerprint density at radius 3 is 1.29 bits per heavy atom. The number of hydrogen-bond acceptors (Lipinski definition) is 6. The normalized spacial score (nSPS) is 14.1. The standard InChI is InChI=1S/C8H16N6S2.Ni/c1-5(11-13-7(15)9-3)6(2)12-14-8(16)10-4;/h1-4H3,(H2,9,13,15)(H2,10,14,16);/q;+2/p-2/b11-5+,12-6+;. The monoisotopic (exact) mass is 316 g/mol. The van der Waals surface area contributed by atoms with Crippen LogP contribution in [0.4, 0.5) is 0 Å². The van der Waals surface area contributed by atoms with E-state index in [1.54, 1.807) is 27.9 Å². The van der Waals surface area contributed by atoms with Crippen LogP contribution in [0, 0.1) is 0 Å². The fraction of sp³-hybridized carbons (Fsp3) is 0.500. The van der Waals surface area contributed by atoms with Crippen LogP contribution in [0.15, 0.2) is 20.4 Å². The number of hydrogen-bond donors (Lipinski definition) is 2. The molecular weight excluding hydrogens is 303 g/mol. The van der Waals surface area contributed by atoms with E-state index in [-0.39, 0.29) is 16.5 Å². The molecule has 2 N–H and O–H groups in total. The van der Waals surface area contributed by atoms with E-state index in [2.05, 4.69) is 31.0 Å². The van der Waals surface area contributed by atoms with Gasteiger partial charge in [-0.1, -0.05) is 0 Å². The van der Waals surface area contributed by atoms with E-state index < -0.39 is 0 Å². The van der Waals surface area contributed by atoms with Crippen LogP contribution in [-0.2, 0) is 41.7 Å². The van der Waals surface area contributed by atoms with Crippen LogP contribution in [0.5, 0.6) is 0 Å². The Kier molecular flexibility index (Phi) is 11.3. The Labute approximate surface area is 122 Å². The average molecular weight is 317 g/mol. The summed E-state index contributed by atoms with van der Waals surface area (Å²) in [6.07, 6.45) is 0. The summed E-state index contributed by atoms with van der Waals surface area (Å²) in [6, 6.07) is 0. The van der Waals surface area contributed by atoms with Gasteiger partial charge in [0.15, 0.2) is 0 Å². The molecule has 0 aliphatic heterocycles. The van der Waals surface area contributed by atoms with E-state index in [1.807, 2.05) is 0 Å². The van der Waals surface area contributed by atoms with Gasteiger partial charge in [-0.05, 0) is 24.2 Å². The average Bonchev–Trinajstić information content (AvgIpc) is 2.31. The van der Waals surface area contributed by atoms with Gasteiger partial charge >= 0.3 is 16.5 Å². The smallest absolute Gasteiger partial charge is 0.741 e. The van der Waals surface area contributed by atoms with Crippen LogP contribution in [0.1, 0.15) is 13.8 Å². The number of amidine groups is 2. The van der Waals surface area contributed by atoms with E-state index in [0.29, 0.717) is 21.8 Å². The molecule has 98 valence electrons. The maximum Gasteiger partial charge on any atom is 2.00 e. The zero-order valence-electron chi connectivity index (χ0n) is 9.92. The first-order valence-electron chi connectivity index (χ1n) is 4.45. The Morgan fingerprint density at radius 1 is 0.765 bits per heavy atom. The van der Waals surface area contributed by atoms with E-state index >= 15 is 0 Å². The predicted octanol–water partition coefficient (Wildman–Crippen LogP) is -0.0197. The van der Waals surface area contributed by atoms with Crippen molar-refractivity contribution < 1.29 is 16.5 Å². The van der Waals surface area contributed by atoms with Crippen molar-refractivity contribution in [1.82, 2.24) is 10.6 Å². The Hall–Kier alpha value is -0.786. The summed E-state index contributed by atoms with van der Waals surface area (Å²) in [5.74, 6) is 0. The van der Waals surface area contributed by atoms with Gasteiger partial charge in [0.2, 0.25) is 0 Å².